The van der Waals surface area contributed by atoms with E-state index < -0.39 is 0 Å². The molecular formula is C19H26N4O2. The lowest BCUT2D eigenvalue weighted by atomic mass is 10.1. The average Bonchev–Trinajstić information content (AvgIpc) is 2.91. The number of hydrogen-bond acceptors (Lipinski definition) is 4. The fourth-order valence-electron chi connectivity index (χ4n) is 3.42. The van der Waals surface area contributed by atoms with E-state index in [0.717, 1.165) is 47.7 Å². The van der Waals surface area contributed by atoms with Crippen molar-refractivity contribution in [1.82, 2.24) is 19.7 Å². The third kappa shape index (κ3) is 3.52. The van der Waals surface area contributed by atoms with E-state index in [0.29, 0.717) is 13.1 Å². The number of pyridine rings is 1. The van der Waals surface area contributed by atoms with Crippen LogP contribution in [0.1, 0.15) is 47.1 Å². The van der Waals surface area contributed by atoms with E-state index in [2.05, 4.69) is 10.1 Å². The van der Waals surface area contributed by atoms with Gasteiger partial charge in [0.25, 0.3) is 5.91 Å². The van der Waals surface area contributed by atoms with Crippen LogP contribution in [0, 0.1) is 20.8 Å². The zero-order chi connectivity index (χ0) is 18.0. The van der Waals surface area contributed by atoms with Crippen molar-refractivity contribution in [3.63, 3.8) is 0 Å². The van der Waals surface area contributed by atoms with E-state index in [1.54, 1.807) is 6.20 Å². The van der Waals surface area contributed by atoms with Crippen molar-refractivity contribution in [2.24, 2.45) is 0 Å². The Morgan fingerprint density at radius 2 is 2.00 bits per heavy atom. The van der Waals surface area contributed by atoms with Crippen molar-refractivity contribution < 1.29 is 9.53 Å². The molecule has 1 amide bonds. The number of carbonyl (C=O) groups excluding carboxylic acids is 1. The van der Waals surface area contributed by atoms with Crippen LogP contribution < -0.4 is 4.74 Å². The third-order valence-electron chi connectivity index (χ3n) is 4.89. The normalized spacial score (nSPS) is 15.4. The van der Waals surface area contributed by atoms with Gasteiger partial charge < -0.3 is 9.64 Å². The quantitative estimate of drug-likeness (QED) is 0.857. The fraction of sp³-hybridized carbons (Fsp3) is 0.526. The number of piperidine rings is 1. The molecule has 0 spiro atoms. The summed E-state index contributed by atoms with van der Waals surface area (Å²) in [5, 5.41) is 4.46. The minimum absolute atomic E-state index is 0.0910. The van der Waals surface area contributed by atoms with Gasteiger partial charge in [-0.25, -0.2) is 0 Å². The van der Waals surface area contributed by atoms with Crippen LogP contribution in [-0.4, -0.2) is 44.8 Å². The van der Waals surface area contributed by atoms with E-state index in [4.69, 9.17) is 4.74 Å². The summed E-state index contributed by atoms with van der Waals surface area (Å²) in [7, 11) is 0. The van der Waals surface area contributed by atoms with Crippen LogP contribution in [0.3, 0.4) is 0 Å². The number of likely N-dealkylation sites (tertiary alicyclic amines) is 1. The van der Waals surface area contributed by atoms with Gasteiger partial charge in [0.2, 0.25) is 0 Å². The highest BCUT2D eigenvalue weighted by Crippen LogP contribution is 2.23. The van der Waals surface area contributed by atoms with Gasteiger partial charge in [-0.1, -0.05) is 0 Å². The lowest BCUT2D eigenvalue weighted by Crippen LogP contribution is -2.42. The van der Waals surface area contributed by atoms with Gasteiger partial charge in [0.15, 0.2) is 0 Å². The minimum atomic E-state index is 0.0910. The van der Waals surface area contributed by atoms with Gasteiger partial charge >= 0.3 is 0 Å². The second-order valence-corrected chi connectivity index (χ2v) is 6.61. The molecule has 0 N–H and O–H groups in total. The third-order valence-corrected chi connectivity index (χ3v) is 4.89. The highest BCUT2D eigenvalue weighted by molar-refractivity contribution is 5.96. The Kier molecular flexibility index (Phi) is 5.06. The topological polar surface area (TPSA) is 60.2 Å². The first-order chi connectivity index (χ1) is 12.0. The van der Waals surface area contributed by atoms with Gasteiger partial charge in [-0.05, 0) is 33.8 Å². The van der Waals surface area contributed by atoms with Gasteiger partial charge in [-0.2, -0.15) is 5.10 Å². The molecule has 0 radical (unpaired) electrons. The molecule has 1 aliphatic heterocycles. The lowest BCUT2D eigenvalue weighted by Gasteiger charge is -2.32. The predicted octanol–water partition coefficient (Wildman–Crippen LogP) is 2.91. The summed E-state index contributed by atoms with van der Waals surface area (Å²) < 4.78 is 7.99. The molecule has 134 valence electrons. The molecule has 6 heteroatoms. The Morgan fingerprint density at radius 1 is 1.28 bits per heavy atom. The Bertz CT molecular complexity index is 761. The first kappa shape index (κ1) is 17.5. The summed E-state index contributed by atoms with van der Waals surface area (Å²) in [5.41, 5.74) is 3.57. The molecule has 6 nitrogen and oxygen atoms in total. The van der Waals surface area contributed by atoms with Gasteiger partial charge in [0, 0.05) is 56.1 Å². The molecule has 0 atom stereocenters. The maximum Gasteiger partial charge on any atom is 0.257 e. The van der Waals surface area contributed by atoms with Crippen molar-refractivity contribution in [3.8, 4) is 5.75 Å². The van der Waals surface area contributed by atoms with Crippen LogP contribution in [0.15, 0.2) is 18.5 Å². The first-order valence-corrected chi connectivity index (χ1v) is 8.91. The summed E-state index contributed by atoms with van der Waals surface area (Å²) in [4.78, 5) is 18.9. The Labute approximate surface area is 148 Å². The van der Waals surface area contributed by atoms with E-state index in [1.165, 1.54) is 0 Å². The number of amides is 1. The standard InChI is InChI=1S/C19H26N4O2/c1-5-23-15(4)18(14(3)21-23)19(24)22-10-7-16(8-11-22)25-17-6-9-20-12-13(17)2/h6,9,12,16H,5,7-8,10-11H2,1-4H3. The van der Waals surface area contributed by atoms with E-state index >= 15 is 0 Å². The van der Waals surface area contributed by atoms with Gasteiger partial charge in [-0.3, -0.25) is 14.5 Å². The molecule has 2 aromatic heterocycles. The van der Waals surface area contributed by atoms with Crippen LogP contribution in [-0.2, 0) is 6.54 Å². The van der Waals surface area contributed by atoms with Crippen molar-refractivity contribution in [2.45, 2.75) is 53.2 Å². The summed E-state index contributed by atoms with van der Waals surface area (Å²) in [6.07, 6.45) is 5.38. The maximum atomic E-state index is 12.9. The Morgan fingerprint density at radius 3 is 2.60 bits per heavy atom. The van der Waals surface area contributed by atoms with Crippen molar-refractivity contribution in [2.75, 3.05) is 13.1 Å². The summed E-state index contributed by atoms with van der Waals surface area (Å²) in [5.74, 6) is 0.976. The van der Waals surface area contributed by atoms with E-state index in [1.807, 2.05) is 49.5 Å². The molecule has 2 aromatic rings. The first-order valence-electron chi connectivity index (χ1n) is 8.91. The molecule has 0 saturated carbocycles. The molecule has 25 heavy (non-hydrogen) atoms. The fourth-order valence-corrected chi connectivity index (χ4v) is 3.42. The highest BCUT2D eigenvalue weighted by Gasteiger charge is 2.28. The second-order valence-electron chi connectivity index (χ2n) is 6.61. The van der Waals surface area contributed by atoms with Gasteiger partial charge in [-0.15, -0.1) is 0 Å². The summed E-state index contributed by atoms with van der Waals surface area (Å²) in [6.45, 7) is 10.1. The average molecular weight is 342 g/mol. The molecule has 0 bridgehead atoms. The predicted molar refractivity (Wildman–Crippen MR) is 95.9 cm³/mol. The summed E-state index contributed by atoms with van der Waals surface area (Å²) >= 11 is 0. The van der Waals surface area contributed by atoms with Gasteiger partial charge in [0.1, 0.15) is 11.9 Å². The number of aromatic nitrogens is 3. The van der Waals surface area contributed by atoms with Crippen molar-refractivity contribution >= 4 is 5.91 Å². The largest absolute Gasteiger partial charge is 0.490 e. The molecule has 1 saturated heterocycles. The maximum absolute atomic E-state index is 12.9. The monoisotopic (exact) mass is 342 g/mol. The Balaban J connectivity index is 1.63. The lowest BCUT2D eigenvalue weighted by molar-refractivity contribution is 0.0593. The van der Waals surface area contributed by atoms with Crippen molar-refractivity contribution in [1.29, 1.82) is 0 Å². The van der Waals surface area contributed by atoms with Crippen LogP contribution in [0.2, 0.25) is 0 Å². The number of rotatable bonds is 4. The summed E-state index contributed by atoms with van der Waals surface area (Å²) in [6, 6.07) is 1.90. The highest BCUT2D eigenvalue weighted by atomic mass is 16.5. The van der Waals surface area contributed by atoms with Crippen LogP contribution in [0.5, 0.6) is 5.75 Å². The SMILES string of the molecule is CCn1nc(C)c(C(=O)N2CCC(Oc3ccncc3C)CC2)c1C. The zero-order valence-electron chi connectivity index (χ0n) is 15.5. The van der Waals surface area contributed by atoms with Crippen LogP contribution in [0.25, 0.3) is 0 Å². The molecular weight excluding hydrogens is 316 g/mol. The zero-order valence-corrected chi connectivity index (χ0v) is 15.5. The molecule has 1 fully saturated rings. The van der Waals surface area contributed by atoms with Crippen LogP contribution in [0.4, 0.5) is 0 Å². The number of aryl methyl sites for hydroxylation is 3. The minimum Gasteiger partial charge on any atom is -0.490 e. The number of carbonyl (C=O) groups is 1. The molecule has 0 aromatic carbocycles. The molecule has 0 aliphatic carbocycles. The van der Waals surface area contributed by atoms with Crippen molar-refractivity contribution in [3.05, 3.63) is 41.0 Å². The number of ether oxygens (including phenoxy) is 1. The number of hydrogen-bond donors (Lipinski definition) is 0. The second kappa shape index (κ2) is 7.25. The smallest absolute Gasteiger partial charge is 0.257 e. The van der Waals surface area contributed by atoms with E-state index in [9.17, 15) is 4.79 Å². The molecule has 3 heterocycles. The molecule has 1 aliphatic rings. The molecule has 0 unspecified atom stereocenters. The van der Waals surface area contributed by atoms with Crippen LogP contribution >= 0.6 is 0 Å². The van der Waals surface area contributed by atoms with E-state index in [-0.39, 0.29) is 12.0 Å². The molecule has 3 rings (SSSR count). The Hall–Kier alpha value is -2.37. The van der Waals surface area contributed by atoms with Gasteiger partial charge in [0.05, 0.1) is 11.3 Å². The number of nitrogens with zero attached hydrogens (tertiary/aromatic N) is 4.